The summed E-state index contributed by atoms with van der Waals surface area (Å²) >= 11 is 0. The summed E-state index contributed by atoms with van der Waals surface area (Å²) < 4.78 is 0. The number of aromatic amines is 1. The summed E-state index contributed by atoms with van der Waals surface area (Å²) in [7, 11) is 0. The molecule has 0 aliphatic heterocycles. The van der Waals surface area contributed by atoms with Gasteiger partial charge in [-0.15, -0.1) is 0 Å². The standard InChI is InChI=1S/C13H17N3O/c1-8-14-10-6-5-9(7-11(10)15-8)16-12(17)13(2,3)4/h5-7H,1-4H3,(H,14,15)(H,16,17). The lowest BCUT2D eigenvalue weighted by Crippen LogP contribution is -2.27. The Kier molecular flexibility index (Phi) is 2.65. The predicted octanol–water partition coefficient (Wildman–Crippen LogP) is 2.86. The Balaban J connectivity index is 2.28. The van der Waals surface area contributed by atoms with Gasteiger partial charge in [-0.3, -0.25) is 4.79 Å². The first-order valence-electron chi connectivity index (χ1n) is 5.64. The van der Waals surface area contributed by atoms with Crippen LogP contribution in [0.3, 0.4) is 0 Å². The number of nitrogens with one attached hydrogen (secondary N) is 2. The van der Waals surface area contributed by atoms with E-state index in [9.17, 15) is 4.79 Å². The molecule has 0 bridgehead atoms. The summed E-state index contributed by atoms with van der Waals surface area (Å²) in [4.78, 5) is 19.3. The van der Waals surface area contributed by atoms with E-state index in [0.717, 1.165) is 22.5 Å². The van der Waals surface area contributed by atoms with Gasteiger partial charge in [0.05, 0.1) is 11.0 Å². The molecule has 90 valence electrons. The van der Waals surface area contributed by atoms with Crippen LogP contribution in [0.5, 0.6) is 0 Å². The zero-order valence-electron chi connectivity index (χ0n) is 10.6. The highest BCUT2D eigenvalue weighted by atomic mass is 16.2. The minimum Gasteiger partial charge on any atom is -0.342 e. The molecular weight excluding hydrogens is 214 g/mol. The van der Waals surface area contributed by atoms with Gasteiger partial charge in [0.2, 0.25) is 5.91 Å². The van der Waals surface area contributed by atoms with Crippen molar-refractivity contribution in [2.24, 2.45) is 5.41 Å². The largest absolute Gasteiger partial charge is 0.342 e. The Morgan fingerprint density at radius 2 is 2.06 bits per heavy atom. The average molecular weight is 231 g/mol. The number of H-pyrrole nitrogens is 1. The van der Waals surface area contributed by atoms with Crippen LogP contribution in [0.15, 0.2) is 18.2 Å². The van der Waals surface area contributed by atoms with Gasteiger partial charge in [0.1, 0.15) is 5.82 Å². The number of rotatable bonds is 1. The first-order valence-corrected chi connectivity index (χ1v) is 5.64. The van der Waals surface area contributed by atoms with E-state index in [1.807, 2.05) is 45.9 Å². The van der Waals surface area contributed by atoms with Gasteiger partial charge in [-0.05, 0) is 25.1 Å². The maximum atomic E-state index is 11.8. The van der Waals surface area contributed by atoms with E-state index in [1.54, 1.807) is 0 Å². The van der Waals surface area contributed by atoms with Crippen molar-refractivity contribution in [3.63, 3.8) is 0 Å². The van der Waals surface area contributed by atoms with E-state index >= 15 is 0 Å². The third-order valence-corrected chi connectivity index (χ3v) is 2.54. The summed E-state index contributed by atoms with van der Waals surface area (Å²) in [5.41, 5.74) is 2.25. The Bertz CT molecular complexity index is 564. The minimum atomic E-state index is -0.390. The van der Waals surface area contributed by atoms with E-state index in [-0.39, 0.29) is 5.91 Å². The van der Waals surface area contributed by atoms with Gasteiger partial charge in [0.15, 0.2) is 0 Å². The number of carbonyl (C=O) groups is 1. The highest BCUT2D eigenvalue weighted by molar-refractivity contribution is 5.96. The molecule has 2 N–H and O–H groups in total. The number of anilines is 1. The van der Waals surface area contributed by atoms with Crippen LogP contribution >= 0.6 is 0 Å². The smallest absolute Gasteiger partial charge is 0.229 e. The number of nitrogens with zero attached hydrogens (tertiary/aromatic N) is 1. The van der Waals surface area contributed by atoms with E-state index in [2.05, 4.69) is 15.3 Å². The predicted molar refractivity (Wildman–Crippen MR) is 68.9 cm³/mol. The molecule has 1 aromatic carbocycles. The Morgan fingerprint density at radius 3 is 2.71 bits per heavy atom. The SMILES string of the molecule is Cc1nc2ccc(NC(=O)C(C)(C)C)cc2[nH]1. The van der Waals surface area contributed by atoms with Crippen LogP contribution < -0.4 is 5.32 Å². The molecule has 0 fully saturated rings. The highest BCUT2D eigenvalue weighted by Crippen LogP contribution is 2.20. The third-order valence-electron chi connectivity index (χ3n) is 2.54. The second-order valence-electron chi connectivity index (χ2n) is 5.26. The maximum Gasteiger partial charge on any atom is 0.229 e. The normalized spacial score (nSPS) is 11.8. The van der Waals surface area contributed by atoms with Crippen molar-refractivity contribution in [2.75, 3.05) is 5.32 Å². The molecule has 2 aromatic rings. The average Bonchev–Trinajstić information content (AvgIpc) is 2.55. The Labute approximate surface area is 100 Å². The topological polar surface area (TPSA) is 57.8 Å². The first kappa shape index (κ1) is 11.6. The van der Waals surface area contributed by atoms with Crippen molar-refractivity contribution in [1.82, 2.24) is 9.97 Å². The van der Waals surface area contributed by atoms with Crippen LogP contribution in [-0.4, -0.2) is 15.9 Å². The number of imidazole rings is 1. The molecule has 0 saturated carbocycles. The van der Waals surface area contributed by atoms with Crippen LogP contribution in [0, 0.1) is 12.3 Å². The maximum absolute atomic E-state index is 11.8. The van der Waals surface area contributed by atoms with Crippen molar-refractivity contribution in [3.05, 3.63) is 24.0 Å². The summed E-state index contributed by atoms with van der Waals surface area (Å²) in [5.74, 6) is 0.882. The second-order valence-corrected chi connectivity index (χ2v) is 5.26. The Hall–Kier alpha value is -1.84. The molecule has 1 amide bonds. The van der Waals surface area contributed by atoms with Gasteiger partial charge in [0, 0.05) is 11.1 Å². The zero-order valence-corrected chi connectivity index (χ0v) is 10.6. The fourth-order valence-corrected chi connectivity index (χ4v) is 1.53. The number of amides is 1. The molecule has 0 spiro atoms. The summed E-state index contributed by atoms with van der Waals surface area (Å²) in [6, 6.07) is 5.67. The first-order chi connectivity index (χ1) is 7.86. The van der Waals surface area contributed by atoms with Crippen molar-refractivity contribution in [3.8, 4) is 0 Å². The molecule has 17 heavy (non-hydrogen) atoms. The van der Waals surface area contributed by atoms with Crippen LogP contribution in [0.25, 0.3) is 11.0 Å². The van der Waals surface area contributed by atoms with Gasteiger partial charge >= 0.3 is 0 Å². The molecule has 0 saturated heterocycles. The number of aryl methyl sites for hydroxylation is 1. The number of carbonyl (C=O) groups excluding carboxylic acids is 1. The molecule has 4 heteroatoms. The summed E-state index contributed by atoms with van der Waals surface area (Å²) in [6.45, 7) is 7.58. The van der Waals surface area contributed by atoms with Crippen molar-refractivity contribution >= 4 is 22.6 Å². The Morgan fingerprint density at radius 1 is 1.35 bits per heavy atom. The van der Waals surface area contributed by atoms with Crippen LogP contribution in [0.2, 0.25) is 0 Å². The quantitative estimate of drug-likeness (QED) is 0.792. The lowest BCUT2D eigenvalue weighted by molar-refractivity contribution is -0.123. The zero-order chi connectivity index (χ0) is 12.6. The van der Waals surface area contributed by atoms with E-state index in [4.69, 9.17) is 0 Å². The molecule has 0 aliphatic carbocycles. The molecule has 0 unspecified atom stereocenters. The molecule has 0 aliphatic rings. The van der Waals surface area contributed by atoms with Crippen molar-refractivity contribution < 1.29 is 4.79 Å². The molecule has 2 rings (SSSR count). The minimum absolute atomic E-state index is 0.00749. The lowest BCUT2D eigenvalue weighted by Gasteiger charge is -2.17. The van der Waals surface area contributed by atoms with Gasteiger partial charge in [0.25, 0.3) is 0 Å². The molecule has 1 aromatic heterocycles. The number of fused-ring (bicyclic) bond motifs is 1. The monoisotopic (exact) mass is 231 g/mol. The van der Waals surface area contributed by atoms with E-state index in [1.165, 1.54) is 0 Å². The van der Waals surface area contributed by atoms with Gasteiger partial charge in [-0.25, -0.2) is 4.98 Å². The molecule has 0 atom stereocenters. The molecule has 4 nitrogen and oxygen atoms in total. The van der Waals surface area contributed by atoms with Gasteiger partial charge < -0.3 is 10.3 Å². The summed E-state index contributed by atoms with van der Waals surface area (Å²) in [6.07, 6.45) is 0. The van der Waals surface area contributed by atoms with E-state index < -0.39 is 5.41 Å². The van der Waals surface area contributed by atoms with Crippen LogP contribution in [-0.2, 0) is 4.79 Å². The molecule has 1 heterocycles. The number of hydrogen-bond donors (Lipinski definition) is 2. The fourth-order valence-electron chi connectivity index (χ4n) is 1.53. The third kappa shape index (κ3) is 2.46. The highest BCUT2D eigenvalue weighted by Gasteiger charge is 2.21. The van der Waals surface area contributed by atoms with E-state index in [0.29, 0.717) is 0 Å². The van der Waals surface area contributed by atoms with Gasteiger partial charge in [-0.2, -0.15) is 0 Å². The fraction of sp³-hybridized carbons (Fsp3) is 0.385. The summed E-state index contributed by atoms with van der Waals surface area (Å²) in [5, 5.41) is 2.90. The molecule has 0 radical (unpaired) electrons. The van der Waals surface area contributed by atoms with Crippen LogP contribution in [0.1, 0.15) is 26.6 Å². The number of benzene rings is 1. The molecular formula is C13H17N3O. The number of aromatic nitrogens is 2. The number of hydrogen-bond acceptors (Lipinski definition) is 2. The van der Waals surface area contributed by atoms with Crippen molar-refractivity contribution in [1.29, 1.82) is 0 Å². The second kappa shape index (κ2) is 3.87. The van der Waals surface area contributed by atoms with Crippen molar-refractivity contribution in [2.45, 2.75) is 27.7 Å². The van der Waals surface area contributed by atoms with Crippen LogP contribution in [0.4, 0.5) is 5.69 Å². The lowest BCUT2D eigenvalue weighted by atomic mass is 9.95. The van der Waals surface area contributed by atoms with Gasteiger partial charge in [-0.1, -0.05) is 20.8 Å².